The highest BCUT2D eigenvalue weighted by molar-refractivity contribution is 4.89. The smallest absolute Gasteiger partial charge is 0.00979 e. The quantitative estimate of drug-likeness (QED) is 0.765. The number of rotatable bonds is 4. The van der Waals surface area contributed by atoms with E-state index in [1.54, 1.807) is 0 Å². The minimum absolute atomic E-state index is 0.839. The molecule has 2 fully saturated rings. The van der Waals surface area contributed by atoms with Crippen LogP contribution in [0.4, 0.5) is 0 Å². The van der Waals surface area contributed by atoms with Crippen LogP contribution in [0.1, 0.15) is 71.6 Å². The first kappa shape index (κ1) is 13.4. The molecule has 0 amide bonds. The largest absolute Gasteiger partial charge is 0.314 e. The third-order valence-electron chi connectivity index (χ3n) is 5.33. The first-order valence-corrected chi connectivity index (χ1v) is 8.10. The second kappa shape index (κ2) is 6.78. The van der Waals surface area contributed by atoms with Crippen LogP contribution < -0.4 is 5.32 Å². The summed E-state index contributed by atoms with van der Waals surface area (Å²) in [5, 5.41) is 3.78. The minimum Gasteiger partial charge on any atom is -0.314 e. The molecule has 100 valence electrons. The van der Waals surface area contributed by atoms with Crippen molar-refractivity contribution in [3.63, 3.8) is 0 Å². The van der Waals surface area contributed by atoms with Gasteiger partial charge in [-0.1, -0.05) is 52.4 Å². The van der Waals surface area contributed by atoms with Crippen LogP contribution in [0.25, 0.3) is 0 Å². The molecule has 1 heteroatoms. The van der Waals surface area contributed by atoms with Crippen LogP contribution in [0.5, 0.6) is 0 Å². The average molecular weight is 237 g/mol. The molecule has 0 saturated heterocycles. The third-order valence-corrected chi connectivity index (χ3v) is 5.33. The van der Waals surface area contributed by atoms with Crippen molar-refractivity contribution in [1.29, 1.82) is 0 Å². The van der Waals surface area contributed by atoms with Gasteiger partial charge in [-0.05, 0) is 43.6 Å². The van der Waals surface area contributed by atoms with Crippen molar-refractivity contribution < 1.29 is 0 Å². The second-order valence-corrected chi connectivity index (χ2v) is 6.23. The molecule has 1 nitrogen and oxygen atoms in total. The van der Waals surface area contributed by atoms with E-state index < -0.39 is 0 Å². The van der Waals surface area contributed by atoms with Crippen LogP contribution in [-0.4, -0.2) is 12.6 Å². The molecule has 0 heterocycles. The Morgan fingerprint density at radius 2 is 1.47 bits per heavy atom. The molecule has 2 aliphatic rings. The Bertz CT molecular complexity index is 212. The molecule has 4 unspecified atom stereocenters. The highest BCUT2D eigenvalue weighted by atomic mass is 14.9. The van der Waals surface area contributed by atoms with E-state index in [1.807, 2.05) is 0 Å². The van der Waals surface area contributed by atoms with Gasteiger partial charge in [0.2, 0.25) is 0 Å². The van der Waals surface area contributed by atoms with Crippen LogP contribution in [0.2, 0.25) is 0 Å². The molecule has 4 atom stereocenters. The normalized spacial score (nSPS) is 39.2. The molecule has 0 spiro atoms. The maximum absolute atomic E-state index is 3.78. The van der Waals surface area contributed by atoms with Gasteiger partial charge in [-0.2, -0.15) is 0 Å². The maximum atomic E-state index is 3.78. The Labute approximate surface area is 108 Å². The van der Waals surface area contributed by atoms with Crippen molar-refractivity contribution in [3.05, 3.63) is 0 Å². The summed E-state index contributed by atoms with van der Waals surface area (Å²) in [6.45, 7) is 5.84. The predicted octanol–water partition coefficient (Wildman–Crippen LogP) is 4.37. The van der Waals surface area contributed by atoms with E-state index in [-0.39, 0.29) is 0 Å². The topological polar surface area (TPSA) is 12.0 Å². The summed E-state index contributed by atoms with van der Waals surface area (Å²) in [5.74, 6) is 3.07. The van der Waals surface area contributed by atoms with Crippen LogP contribution in [0, 0.1) is 17.8 Å². The van der Waals surface area contributed by atoms with E-state index in [2.05, 4.69) is 19.2 Å². The van der Waals surface area contributed by atoms with Gasteiger partial charge in [-0.25, -0.2) is 0 Å². The summed E-state index contributed by atoms with van der Waals surface area (Å²) >= 11 is 0. The molecule has 2 aliphatic carbocycles. The molecule has 2 rings (SSSR count). The van der Waals surface area contributed by atoms with E-state index in [1.165, 1.54) is 57.8 Å². The molecule has 17 heavy (non-hydrogen) atoms. The lowest BCUT2D eigenvalue weighted by molar-refractivity contribution is 0.0970. The van der Waals surface area contributed by atoms with Crippen molar-refractivity contribution in [1.82, 2.24) is 5.32 Å². The molecular formula is C16H31N. The molecule has 0 aromatic rings. The summed E-state index contributed by atoms with van der Waals surface area (Å²) in [6.07, 6.45) is 13.3. The summed E-state index contributed by atoms with van der Waals surface area (Å²) in [6, 6.07) is 0.839. The zero-order valence-electron chi connectivity index (χ0n) is 11.9. The minimum atomic E-state index is 0.839. The molecule has 0 aromatic carbocycles. The summed E-state index contributed by atoms with van der Waals surface area (Å²) in [7, 11) is 0. The number of nitrogens with one attached hydrogen (secondary N) is 1. The van der Waals surface area contributed by atoms with E-state index in [4.69, 9.17) is 0 Å². The van der Waals surface area contributed by atoms with Gasteiger partial charge in [0.1, 0.15) is 0 Å². The Hall–Kier alpha value is -0.0400. The summed E-state index contributed by atoms with van der Waals surface area (Å²) in [5.41, 5.74) is 0. The maximum Gasteiger partial charge on any atom is 0.00979 e. The Morgan fingerprint density at radius 1 is 0.824 bits per heavy atom. The second-order valence-electron chi connectivity index (χ2n) is 6.23. The van der Waals surface area contributed by atoms with Gasteiger partial charge in [0.05, 0.1) is 0 Å². The number of hydrogen-bond acceptors (Lipinski definition) is 1. The monoisotopic (exact) mass is 237 g/mol. The van der Waals surface area contributed by atoms with Gasteiger partial charge in [0.15, 0.2) is 0 Å². The SMILES string of the molecule is CCNC1CCCCC1C1CCCCC1CC. The third kappa shape index (κ3) is 3.24. The van der Waals surface area contributed by atoms with Gasteiger partial charge < -0.3 is 5.32 Å². The lowest BCUT2D eigenvalue weighted by Crippen LogP contribution is -2.44. The molecule has 0 aliphatic heterocycles. The summed E-state index contributed by atoms with van der Waals surface area (Å²) in [4.78, 5) is 0. The van der Waals surface area contributed by atoms with Crippen molar-refractivity contribution in [2.75, 3.05) is 6.54 Å². The Morgan fingerprint density at radius 3 is 2.18 bits per heavy atom. The molecule has 2 saturated carbocycles. The zero-order chi connectivity index (χ0) is 12.1. The predicted molar refractivity (Wildman–Crippen MR) is 75.2 cm³/mol. The van der Waals surface area contributed by atoms with Gasteiger partial charge in [0.25, 0.3) is 0 Å². The molecule has 0 aromatic heterocycles. The first-order valence-electron chi connectivity index (χ1n) is 8.10. The van der Waals surface area contributed by atoms with E-state index >= 15 is 0 Å². The Balaban J connectivity index is 2.00. The van der Waals surface area contributed by atoms with Crippen molar-refractivity contribution >= 4 is 0 Å². The van der Waals surface area contributed by atoms with Crippen LogP contribution in [0.3, 0.4) is 0 Å². The Kier molecular flexibility index (Phi) is 5.34. The van der Waals surface area contributed by atoms with Gasteiger partial charge in [-0.3, -0.25) is 0 Å². The fourth-order valence-electron chi connectivity index (χ4n) is 4.49. The number of hydrogen-bond donors (Lipinski definition) is 1. The lowest BCUT2D eigenvalue weighted by Gasteiger charge is -2.43. The molecule has 0 radical (unpaired) electrons. The standard InChI is InChI=1S/C16H31N/c1-3-13-9-5-6-10-14(13)15-11-7-8-12-16(15)17-4-2/h13-17H,3-12H2,1-2H3. The van der Waals surface area contributed by atoms with Crippen LogP contribution in [0.15, 0.2) is 0 Å². The average Bonchev–Trinajstić information content (AvgIpc) is 2.40. The first-order chi connectivity index (χ1) is 8.36. The van der Waals surface area contributed by atoms with E-state index in [0.717, 1.165) is 30.3 Å². The van der Waals surface area contributed by atoms with E-state index in [9.17, 15) is 0 Å². The highest BCUT2D eigenvalue weighted by Crippen LogP contribution is 2.42. The van der Waals surface area contributed by atoms with Crippen molar-refractivity contribution in [3.8, 4) is 0 Å². The van der Waals surface area contributed by atoms with Gasteiger partial charge >= 0.3 is 0 Å². The van der Waals surface area contributed by atoms with Gasteiger partial charge in [-0.15, -0.1) is 0 Å². The lowest BCUT2D eigenvalue weighted by atomic mass is 9.65. The molecule has 0 bridgehead atoms. The summed E-state index contributed by atoms with van der Waals surface area (Å²) < 4.78 is 0. The fraction of sp³-hybridized carbons (Fsp3) is 1.00. The highest BCUT2D eigenvalue weighted by Gasteiger charge is 2.36. The van der Waals surface area contributed by atoms with E-state index in [0.29, 0.717) is 0 Å². The zero-order valence-corrected chi connectivity index (χ0v) is 11.9. The van der Waals surface area contributed by atoms with Crippen LogP contribution >= 0.6 is 0 Å². The van der Waals surface area contributed by atoms with Crippen LogP contribution in [-0.2, 0) is 0 Å². The van der Waals surface area contributed by atoms with Crippen molar-refractivity contribution in [2.24, 2.45) is 17.8 Å². The fourth-order valence-corrected chi connectivity index (χ4v) is 4.49. The molecular weight excluding hydrogens is 206 g/mol. The molecule has 1 N–H and O–H groups in total. The van der Waals surface area contributed by atoms with Gasteiger partial charge in [0, 0.05) is 6.04 Å². The van der Waals surface area contributed by atoms with Crippen molar-refractivity contribution in [2.45, 2.75) is 77.7 Å².